The summed E-state index contributed by atoms with van der Waals surface area (Å²) < 4.78 is 4.89. The van der Waals surface area contributed by atoms with Crippen molar-refractivity contribution in [3.05, 3.63) is 29.8 Å². The molecule has 0 aliphatic carbocycles. The molecule has 3 heteroatoms. The van der Waals surface area contributed by atoms with Crippen LogP contribution in [0.1, 0.15) is 18.9 Å². The van der Waals surface area contributed by atoms with Crippen LogP contribution in [0.4, 0.5) is 5.69 Å². The standard InChI is InChI=1S/C13H19NO2/c1-4-16-13(15)9-8-11-6-5-7-12(10-11)14(2)3/h5-7,10H,4,8-9H2,1-3H3. The Hall–Kier alpha value is -1.51. The van der Waals surface area contributed by atoms with E-state index in [4.69, 9.17) is 4.74 Å². The van der Waals surface area contributed by atoms with Crippen molar-refractivity contribution in [2.75, 3.05) is 25.6 Å². The summed E-state index contributed by atoms with van der Waals surface area (Å²) in [4.78, 5) is 13.3. The second-order valence-electron chi connectivity index (χ2n) is 3.87. The minimum absolute atomic E-state index is 0.127. The topological polar surface area (TPSA) is 29.5 Å². The van der Waals surface area contributed by atoms with Crippen LogP contribution >= 0.6 is 0 Å². The maximum absolute atomic E-state index is 11.2. The van der Waals surface area contributed by atoms with Crippen LogP contribution in [0.25, 0.3) is 0 Å². The van der Waals surface area contributed by atoms with E-state index >= 15 is 0 Å². The second kappa shape index (κ2) is 6.16. The van der Waals surface area contributed by atoms with E-state index in [1.807, 2.05) is 44.1 Å². The summed E-state index contributed by atoms with van der Waals surface area (Å²) in [5.41, 5.74) is 2.32. The van der Waals surface area contributed by atoms with Crippen LogP contribution < -0.4 is 4.90 Å². The number of esters is 1. The quantitative estimate of drug-likeness (QED) is 0.714. The van der Waals surface area contributed by atoms with Crippen molar-refractivity contribution in [3.8, 4) is 0 Å². The van der Waals surface area contributed by atoms with Crippen LogP contribution in [-0.4, -0.2) is 26.7 Å². The van der Waals surface area contributed by atoms with Crippen LogP contribution in [0.3, 0.4) is 0 Å². The van der Waals surface area contributed by atoms with Gasteiger partial charge in [-0.05, 0) is 31.0 Å². The van der Waals surface area contributed by atoms with E-state index < -0.39 is 0 Å². The lowest BCUT2D eigenvalue weighted by Crippen LogP contribution is -2.09. The largest absolute Gasteiger partial charge is 0.466 e. The summed E-state index contributed by atoms with van der Waals surface area (Å²) in [6.07, 6.45) is 1.19. The molecule has 0 aliphatic heterocycles. The van der Waals surface area contributed by atoms with Gasteiger partial charge in [0.15, 0.2) is 0 Å². The molecule has 3 nitrogen and oxygen atoms in total. The first-order valence-corrected chi connectivity index (χ1v) is 5.55. The Bertz CT molecular complexity index is 348. The average Bonchev–Trinajstić information content (AvgIpc) is 2.27. The first-order valence-electron chi connectivity index (χ1n) is 5.55. The van der Waals surface area contributed by atoms with Gasteiger partial charge in [0.2, 0.25) is 0 Å². The van der Waals surface area contributed by atoms with Crippen molar-refractivity contribution in [1.29, 1.82) is 0 Å². The number of hydrogen-bond acceptors (Lipinski definition) is 3. The van der Waals surface area contributed by atoms with Gasteiger partial charge in [-0.25, -0.2) is 0 Å². The molecule has 88 valence electrons. The third kappa shape index (κ3) is 3.93. The molecule has 0 radical (unpaired) electrons. The van der Waals surface area contributed by atoms with Gasteiger partial charge in [0.05, 0.1) is 6.61 Å². The van der Waals surface area contributed by atoms with Crippen LogP contribution in [0.15, 0.2) is 24.3 Å². The highest BCUT2D eigenvalue weighted by Gasteiger charge is 2.03. The maximum Gasteiger partial charge on any atom is 0.306 e. The zero-order chi connectivity index (χ0) is 12.0. The van der Waals surface area contributed by atoms with Crippen molar-refractivity contribution in [1.82, 2.24) is 0 Å². The van der Waals surface area contributed by atoms with E-state index in [9.17, 15) is 4.79 Å². The Morgan fingerprint density at radius 2 is 2.12 bits per heavy atom. The number of nitrogens with zero attached hydrogens (tertiary/aromatic N) is 1. The highest BCUT2D eigenvalue weighted by atomic mass is 16.5. The average molecular weight is 221 g/mol. The van der Waals surface area contributed by atoms with E-state index in [-0.39, 0.29) is 5.97 Å². The molecule has 16 heavy (non-hydrogen) atoms. The van der Waals surface area contributed by atoms with E-state index in [0.717, 1.165) is 12.1 Å². The van der Waals surface area contributed by atoms with Gasteiger partial charge in [-0.2, -0.15) is 0 Å². The van der Waals surface area contributed by atoms with Crippen molar-refractivity contribution < 1.29 is 9.53 Å². The van der Waals surface area contributed by atoms with Crippen molar-refractivity contribution in [2.45, 2.75) is 19.8 Å². The van der Waals surface area contributed by atoms with Crippen LogP contribution in [0, 0.1) is 0 Å². The summed E-state index contributed by atoms with van der Waals surface area (Å²) in [5.74, 6) is -0.127. The van der Waals surface area contributed by atoms with E-state index in [2.05, 4.69) is 6.07 Å². The lowest BCUT2D eigenvalue weighted by Gasteiger charge is -2.13. The molecular weight excluding hydrogens is 202 g/mol. The number of hydrogen-bond donors (Lipinski definition) is 0. The normalized spacial score (nSPS) is 9.94. The molecule has 0 saturated carbocycles. The fourth-order valence-electron chi connectivity index (χ4n) is 1.47. The van der Waals surface area contributed by atoms with Gasteiger partial charge in [-0.15, -0.1) is 0 Å². The first kappa shape index (κ1) is 12.6. The van der Waals surface area contributed by atoms with Crippen LogP contribution in [0.2, 0.25) is 0 Å². The zero-order valence-corrected chi connectivity index (χ0v) is 10.2. The lowest BCUT2D eigenvalue weighted by molar-refractivity contribution is -0.143. The number of anilines is 1. The van der Waals surface area contributed by atoms with Gasteiger partial charge in [-0.3, -0.25) is 4.79 Å². The highest BCUT2D eigenvalue weighted by molar-refractivity contribution is 5.69. The molecule has 0 bridgehead atoms. The summed E-state index contributed by atoms with van der Waals surface area (Å²) in [6.45, 7) is 2.28. The molecule has 1 aromatic rings. The minimum Gasteiger partial charge on any atom is -0.466 e. The molecule has 0 fully saturated rings. The Morgan fingerprint density at radius 3 is 2.75 bits per heavy atom. The minimum atomic E-state index is -0.127. The molecule has 0 unspecified atom stereocenters. The summed E-state index contributed by atoms with van der Waals surface area (Å²) in [6, 6.07) is 8.19. The molecule has 1 rings (SSSR count). The lowest BCUT2D eigenvalue weighted by atomic mass is 10.1. The molecule has 0 amide bonds. The van der Waals surface area contributed by atoms with E-state index in [0.29, 0.717) is 13.0 Å². The number of aryl methyl sites for hydroxylation is 1. The summed E-state index contributed by atoms with van der Waals surface area (Å²) >= 11 is 0. The fourth-order valence-corrected chi connectivity index (χ4v) is 1.47. The molecule has 0 spiro atoms. The number of ether oxygens (including phenoxy) is 1. The second-order valence-corrected chi connectivity index (χ2v) is 3.87. The molecule has 0 atom stereocenters. The first-order chi connectivity index (χ1) is 7.63. The molecule has 0 saturated heterocycles. The Morgan fingerprint density at radius 1 is 1.38 bits per heavy atom. The monoisotopic (exact) mass is 221 g/mol. The summed E-state index contributed by atoms with van der Waals surface area (Å²) in [5, 5.41) is 0. The van der Waals surface area contributed by atoms with Gasteiger partial charge < -0.3 is 9.64 Å². The third-order valence-corrected chi connectivity index (χ3v) is 2.35. The molecule has 0 heterocycles. The Labute approximate surface area is 97.0 Å². The van der Waals surface area contributed by atoms with Crippen molar-refractivity contribution in [3.63, 3.8) is 0 Å². The molecule has 1 aromatic carbocycles. The van der Waals surface area contributed by atoms with E-state index in [1.54, 1.807) is 0 Å². The van der Waals surface area contributed by atoms with Gasteiger partial charge in [0.1, 0.15) is 0 Å². The maximum atomic E-state index is 11.2. The predicted molar refractivity (Wildman–Crippen MR) is 65.7 cm³/mol. The predicted octanol–water partition coefficient (Wildman–Crippen LogP) is 2.25. The van der Waals surface area contributed by atoms with Gasteiger partial charge >= 0.3 is 5.97 Å². The van der Waals surface area contributed by atoms with Gasteiger partial charge in [-0.1, -0.05) is 12.1 Å². The number of benzene rings is 1. The molecular formula is C13H19NO2. The Kier molecular flexibility index (Phi) is 4.83. The number of carbonyl (C=O) groups is 1. The van der Waals surface area contributed by atoms with Crippen molar-refractivity contribution in [2.24, 2.45) is 0 Å². The molecule has 0 N–H and O–H groups in total. The summed E-state index contributed by atoms with van der Waals surface area (Å²) in [7, 11) is 4.01. The fraction of sp³-hybridized carbons (Fsp3) is 0.462. The highest BCUT2D eigenvalue weighted by Crippen LogP contribution is 2.14. The number of rotatable bonds is 5. The SMILES string of the molecule is CCOC(=O)CCc1cccc(N(C)C)c1. The molecule has 0 aromatic heterocycles. The smallest absolute Gasteiger partial charge is 0.306 e. The van der Waals surface area contributed by atoms with Crippen LogP contribution in [0.5, 0.6) is 0 Å². The van der Waals surface area contributed by atoms with Gasteiger partial charge in [0.25, 0.3) is 0 Å². The molecule has 0 aliphatic rings. The van der Waals surface area contributed by atoms with Crippen molar-refractivity contribution >= 4 is 11.7 Å². The van der Waals surface area contributed by atoms with E-state index in [1.165, 1.54) is 5.56 Å². The third-order valence-electron chi connectivity index (χ3n) is 2.35. The Balaban J connectivity index is 2.54. The van der Waals surface area contributed by atoms with Crippen LogP contribution in [-0.2, 0) is 16.0 Å². The number of carbonyl (C=O) groups excluding carboxylic acids is 1. The zero-order valence-electron chi connectivity index (χ0n) is 10.2. The van der Waals surface area contributed by atoms with Gasteiger partial charge in [0, 0.05) is 26.2 Å².